The molecule has 3 aromatic carbocycles. The van der Waals surface area contributed by atoms with E-state index in [1.54, 1.807) is 0 Å². The third-order valence-electron chi connectivity index (χ3n) is 5.80. The van der Waals surface area contributed by atoms with Crippen molar-refractivity contribution in [2.75, 3.05) is 23.8 Å². The van der Waals surface area contributed by atoms with E-state index in [1.165, 1.54) is 46.6 Å². The van der Waals surface area contributed by atoms with Gasteiger partial charge in [-0.2, -0.15) is 18.4 Å². The summed E-state index contributed by atoms with van der Waals surface area (Å²) in [6.07, 6.45) is -4.44. The van der Waals surface area contributed by atoms with Gasteiger partial charge in [-0.15, -0.1) is 0 Å². The first kappa shape index (κ1) is 25.8. The second-order valence-corrected chi connectivity index (χ2v) is 10.5. The van der Waals surface area contributed by atoms with Gasteiger partial charge >= 0.3 is 6.18 Å². The number of para-hydroxylation sites is 1. The maximum atomic E-state index is 13.8. The van der Waals surface area contributed by atoms with Crippen LogP contribution in [0.25, 0.3) is 0 Å². The molecule has 2 heterocycles. The summed E-state index contributed by atoms with van der Waals surface area (Å²) in [5.41, 5.74) is 2.35. The second-order valence-electron chi connectivity index (χ2n) is 8.45. The number of fused-ring (bicyclic) bond motifs is 1. The largest absolute Gasteiger partial charge is 0.405 e. The van der Waals surface area contributed by atoms with Crippen LogP contribution in [0.3, 0.4) is 0 Å². The van der Waals surface area contributed by atoms with Crippen molar-refractivity contribution in [3.05, 3.63) is 93.9 Å². The Kier molecular flexibility index (Phi) is 7.10. The average molecular weight is 552 g/mol. The molecule has 3 aromatic rings. The lowest BCUT2D eigenvalue weighted by molar-refractivity contribution is -0.122. The molecule has 1 amide bonds. The number of anilines is 2. The summed E-state index contributed by atoms with van der Waals surface area (Å²) in [6.45, 7) is -1.03. The number of thioether (sulfide) groups is 2. The van der Waals surface area contributed by atoms with Crippen molar-refractivity contribution >= 4 is 51.7 Å². The van der Waals surface area contributed by atoms with Crippen LogP contribution in [0, 0.1) is 11.3 Å². The zero-order valence-electron chi connectivity index (χ0n) is 20.0. The third-order valence-corrected chi connectivity index (χ3v) is 8.23. The van der Waals surface area contributed by atoms with Gasteiger partial charge in [0.1, 0.15) is 11.4 Å². The lowest BCUT2D eigenvalue weighted by atomic mass is 10.2. The van der Waals surface area contributed by atoms with Crippen molar-refractivity contribution in [1.82, 2.24) is 4.90 Å². The van der Waals surface area contributed by atoms with Crippen LogP contribution in [0.5, 0.6) is 0 Å². The number of hydrogen-bond acceptors (Lipinski definition) is 7. The predicted molar refractivity (Wildman–Crippen MR) is 145 cm³/mol. The lowest BCUT2D eigenvalue weighted by Gasteiger charge is -2.17. The van der Waals surface area contributed by atoms with Crippen molar-refractivity contribution in [2.24, 2.45) is 4.99 Å². The van der Waals surface area contributed by atoms with E-state index >= 15 is 0 Å². The fourth-order valence-corrected chi connectivity index (χ4v) is 6.30. The Morgan fingerprint density at radius 1 is 1.03 bits per heavy atom. The molecule has 6 nitrogen and oxygen atoms in total. The Hall–Kier alpha value is -3.88. The number of halogens is 3. The van der Waals surface area contributed by atoms with Crippen LogP contribution in [-0.2, 0) is 11.3 Å². The summed E-state index contributed by atoms with van der Waals surface area (Å²) in [5, 5.41) is 12.8. The standard InChI is InChI=1S/C27H20F3N5OS2/c1-34-21-9-5-6-10-22(21)37-25(34)23-24(36)35(15-17-7-3-2-4-8-17)26(38-23)33-20-13-18(14-31)11-12-19(20)32-16-27(28,29)30/h2-13,32H,15-16H2,1H3/b25-23-,33-26?. The lowest BCUT2D eigenvalue weighted by Crippen LogP contribution is -2.29. The quantitative estimate of drug-likeness (QED) is 0.356. The molecule has 11 heteroatoms. The van der Waals surface area contributed by atoms with E-state index in [1.807, 2.05) is 72.6 Å². The van der Waals surface area contributed by atoms with Crippen molar-refractivity contribution in [3.8, 4) is 6.07 Å². The van der Waals surface area contributed by atoms with Crippen LogP contribution in [0.2, 0.25) is 0 Å². The molecule has 192 valence electrons. The molecule has 0 spiro atoms. The van der Waals surface area contributed by atoms with Gasteiger partial charge in [-0.1, -0.05) is 54.2 Å². The molecule has 0 aliphatic carbocycles. The maximum absolute atomic E-state index is 13.8. The highest BCUT2D eigenvalue weighted by Crippen LogP contribution is 2.50. The number of aliphatic imine (C=N–C) groups is 1. The smallest absolute Gasteiger partial charge is 0.375 e. The molecule has 0 radical (unpaired) electrons. The average Bonchev–Trinajstić information content (AvgIpc) is 3.39. The molecular weight excluding hydrogens is 531 g/mol. The molecular formula is C27H20F3N5OS2. The normalized spacial score (nSPS) is 18.2. The topological polar surface area (TPSA) is 71.7 Å². The van der Waals surface area contributed by atoms with Gasteiger partial charge in [-0.3, -0.25) is 9.69 Å². The number of amidine groups is 1. The van der Waals surface area contributed by atoms with E-state index in [0.717, 1.165) is 21.2 Å². The summed E-state index contributed by atoms with van der Waals surface area (Å²) in [6, 6.07) is 23.4. The first-order valence-corrected chi connectivity index (χ1v) is 13.1. The van der Waals surface area contributed by atoms with Gasteiger partial charge in [0.15, 0.2) is 5.17 Å². The summed E-state index contributed by atoms with van der Waals surface area (Å²) in [5.74, 6) is -0.249. The Morgan fingerprint density at radius 3 is 2.47 bits per heavy atom. The Bertz CT molecular complexity index is 1500. The van der Waals surface area contributed by atoms with Crippen LogP contribution in [0.4, 0.5) is 30.2 Å². The summed E-state index contributed by atoms with van der Waals surface area (Å²) in [7, 11) is 1.89. The molecule has 2 aliphatic heterocycles. The number of hydrogen-bond donors (Lipinski definition) is 1. The summed E-state index contributed by atoms with van der Waals surface area (Å²) >= 11 is 2.65. The van der Waals surface area contributed by atoms with Crippen LogP contribution >= 0.6 is 23.5 Å². The molecule has 1 saturated heterocycles. The SMILES string of the molecule is CN1/C(=C2/SC(=Nc3cc(C#N)ccc3NCC(F)(F)F)N(Cc3ccccc3)C2=O)Sc2ccccc21. The minimum absolute atomic E-state index is 0.113. The molecule has 0 unspecified atom stereocenters. The van der Waals surface area contributed by atoms with Gasteiger partial charge in [-0.25, -0.2) is 4.99 Å². The van der Waals surface area contributed by atoms with Crippen LogP contribution in [0.1, 0.15) is 11.1 Å². The molecule has 1 fully saturated rings. The Morgan fingerprint density at radius 2 is 1.76 bits per heavy atom. The number of carbonyl (C=O) groups excluding carboxylic acids is 1. The second kappa shape index (κ2) is 10.5. The van der Waals surface area contributed by atoms with E-state index in [9.17, 15) is 23.2 Å². The number of alkyl halides is 3. The maximum Gasteiger partial charge on any atom is 0.405 e. The van der Waals surface area contributed by atoms with Crippen molar-refractivity contribution in [3.63, 3.8) is 0 Å². The molecule has 0 bridgehead atoms. The highest BCUT2D eigenvalue weighted by molar-refractivity contribution is 8.19. The fraction of sp³-hybridized carbons (Fsp3) is 0.148. The minimum Gasteiger partial charge on any atom is -0.375 e. The van der Waals surface area contributed by atoms with E-state index in [-0.39, 0.29) is 29.4 Å². The fourth-order valence-electron chi connectivity index (χ4n) is 3.97. The van der Waals surface area contributed by atoms with Crippen molar-refractivity contribution < 1.29 is 18.0 Å². The number of amides is 1. The summed E-state index contributed by atoms with van der Waals surface area (Å²) < 4.78 is 38.8. The monoisotopic (exact) mass is 551 g/mol. The number of rotatable bonds is 5. The van der Waals surface area contributed by atoms with Gasteiger partial charge in [-0.05, 0) is 47.7 Å². The number of benzene rings is 3. The number of nitrogens with one attached hydrogen (secondary N) is 1. The highest BCUT2D eigenvalue weighted by Gasteiger charge is 2.39. The zero-order chi connectivity index (χ0) is 26.9. The minimum atomic E-state index is -4.44. The molecule has 0 aromatic heterocycles. The van der Waals surface area contributed by atoms with Crippen LogP contribution in [-0.4, -0.2) is 35.7 Å². The Balaban J connectivity index is 1.57. The van der Waals surface area contributed by atoms with E-state index in [2.05, 4.69) is 10.3 Å². The number of carbonyl (C=O) groups is 1. The molecule has 38 heavy (non-hydrogen) atoms. The van der Waals surface area contributed by atoms with E-state index in [4.69, 9.17) is 0 Å². The van der Waals surface area contributed by atoms with E-state index in [0.29, 0.717) is 10.1 Å². The van der Waals surface area contributed by atoms with Gasteiger partial charge in [0.2, 0.25) is 0 Å². The van der Waals surface area contributed by atoms with Crippen molar-refractivity contribution in [2.45, 2.75) is 17.6 Å². The number of nitriles is 1. The molecule has 1 N–H and O–H groups in total. The van der Waals surface area contributed by atoms with Crippen LogP contribution < -0.4 is 10.2 Å². The highest BCUT2D eigenvalue weighted by atomic mass is 32.2. The van der Waals surface area contributed by atoms with Gasteiger partial charge in [0.25, 0.3) is 5.91 Å². The van der Waals surface area contributed by atoms with Crippen LogP contribution in [0.15, 0.2) is 92.6 Å². The molecule has 5 rings (SSSR count). The summed E-state index contributed by atoms with van der Waals surface area (Å²) in [4.78, 5) is 23.4. The first-order valence-electron chi connectivity index (χ1n) is 11.5. The zero-order valence-corrected chi connectivity index (χ0v) is 21.6. The molecule has 2 aliphatic rings. The van der Waals surface area contributed by atoms with Gasteiger partial charge in [0.05, 0.1) is 40.3 Å². The van der Waals surface area contributed by atoms with Gasteiger partial charge < -0.3 is 10.2 Å². The molecule has 0 saturated carbocycles. The third kappa shape index (κ3) is 5.37. The van der Waals surface area contributed by atoms with E-state index < -0.39 is 12.7 Å². The number of nitrogens with zero attached hydrogens (tertiary/aromatic N) is 4. The van der Waals surface area contributed by atoms with Gasteiger partial charge in [0, 0.05) is 11.9 Å². The first-order chi connectivity index (χ1) is 18.2. The molecule has 0 atom stereocenters. The Labute approximate surface area is 225 Å². The predicted octanol–water partition coefficient (Wildman–Crippen LogP) is 6.71. The van der Waals surface area contributed by atoms with Crippen molar-refractivity contribution in [1.29, 1.82) is 5.26 Å².